The Bertz CT molecular complexity index is 896. The molecule has 130 valence electrons. The Kier molecular flexibility index (Phi) is 4.81. The van der Waals surface area contributed by atoms with Gasteiger partial charge in [-0.1, -0.05) is 22.0 Å². The fourth-order valence-electron chi connectivity index (χ4n) is 3.12. The number of hydrogen-bond acceptors (Lipinski definition) is 3. The maximum atomic E-state index is 12.3. The van der Waals surface area contributed by atoms with Crippen molar-refractivity contribution >= 4 is 45.1 Å². The van der Waals surface area contributed by atoms with Gasteiger partial charge in [0.15, 0.2) is 0 Å². The van der Waals surface area contributed by atoms with Crippen molar-refractivity contribution in [2.75, 3.05) is 12.4 Å². The summed E-state index contributed by atoms with van der Waals surface area (Å²) in [6.45, 7) is 3.97. The molecule has 2 aromatic rings. The largest absolute Gasteiger partial charge is 0.469 e. The Hall–Kier alpha value is -2.34. The summed E-state index contributed by atoms with van der Waals surface area (Å²) in [5, 5.41) is 2.88. The number of methoxy groups -OCH3 is 1. The molecule has 0 saturated carbocycles. The van der Waals surface area contributed by atoms with Gasteiger partial charge in [0.25, 0.3) is 5.91 Å². The van der Waals surface area contributed by atoms with Crippen molar-refractivity contribution in [2.45, 2.75) is 26.7 Å². The molecule has 2 N–H and O–H groups in total. The van der Waals surface area contributed by atoms with Crippen LogP contribution in [0.4, 0.5) is 5.69 Å². The van der Waals surface area contributed by atoms with Gasteiger partial charge in [-0.2, -0.15) is 0 Å². The van der Waals surface area contributed by atoms with E-state index in [1.807, 2.05) is 38.1 Å². The Morgan fingerprint density at radius 3 is 2.80 bits per heavy atom. The minimum atomic E-state index is -0.227. The average molecular weight is 403 g/mol. The second-order valence-corrected chi connectivity index (χ2v) is 6.96. The van der Waals surface area contributed by atoms with Crippen LogP contribution in [0.3, 0.4) is 0 Å². The third-order valence-electron chi connectivity index (χ3n) is 4.49. The lowest BCUT2D eigenvalue weighted by Gasteiger charge is -2.02. The highest BCUT2D eigenvalue weighted by atomic mass is 79.9. The van der Waals surface area contributed by atoms with Crippen LogP contribution in [-0.2, 0) is 20.7 Å². The van der Waals surface area contributed by atoms with E-state index in [4.69, 9.17) is 4.74 Å². The van der Waals surface area contributed by atoms with Crippen LogP contribution in [0.5, 0.6) is 0 Å². The molecule has 5 nitrogen and oxygen atoms in total. The number of benzene rings is 1. The Morgan fingerprint density at radius 2 is 2.08 bits per heavy atom. The number of carbonyl (C=O) groups excluding carboxylic acids is 2. The molecule has 1 aliphatic heterocycles. The lowest BCUT2D eigenvalue weighted by molar-refractivity contribution is -0.140. The van der Waals surface area contributed by atoms with Crippen molar-refractivity contribution in [2.24, 2.45) is 0 Å². The molecule has 1 aliphatic rings. The fraction of sp³-hybridized carbons (Fsp3) is 0.263. The number of anilines is 1. The first-order chi connectivity index (χ1) is 11.9. The molecule has 1 amide bonds. The van der Waals surface area contributed by atoms with Gasteiger partial charge >= 0.3 is 5.97 Å². The molecule has 0 bridgehead atoms. The third-order valence-corrected chi connectivity index (χ3v) is 4.98. The predicted octanol–water partition coefficient (Wildman–Crippen LogP) is 3.99. The number of fused-ring (bicyclic) bond motifs is 1. The number of hydrogen-bond donors (Lipinski definition) is 2. The molecule has 0 saturated heterocycles. The second kappa shape index (κ2) is 6.88. The van der Waals surface area contributed by atoms with Crippen LogP contribution in [0.2, 0.25) is 0 Å². The highest BCUT2D eigenvalue weighted by Gasteiger charge is 2.25. The molecule has 6 heteroatoms. The van der Waals surface area contributed by atoms with Crippen molar-refractivity contribution in [3.05, 3.63) is 50.8 Å². The SMILES string of the molecule is COC(=O)CCc1c(C)[nH]c(C=C2C(=O)Nc3cc(Br)ccc32)c1C. The standard InChI is InChI=1S/C19H19BrN2O3/c1-10-13(6-7-18(23)25-3)11(2)21-16(10)9-15-14-5-4-12(20)8-17(14)22-19(15)24/h4-5,8-9,21H,6-7H2,1-3H3,(H,22,24). The molecule has 0 unspecified atom stereocenters. The fourth-order valence-corrected chi connectivity index (χ4v) is 3.48. The van der Waals surface area contributed by atoms with Crippen LogP contribution < -0.4 is 5.32 Å². The lowest BCUT2D eigenvalue weighted by Crippen LogP contribution is -2.03. The Balaban J connectivity index is 1.95. The van der Waals surface area contributed by atoms with Gasteiger partial charge in [0, 0.05) is 27.8 Å². The lowest BCUT2D eigenvalue weighted by atomic mass is 10.0. The monoisotopic (exact) mass is 402 g/mol. The van der Waals surface area contributed by atoms with Gasteiger partial charge in [-0.3, -0.25) is 9.59 Å². The summed E-state index contributed by atoms with van der Waals surface area (Å²) in [5.74, 6) is -0.342. The highest BCUT2D eigenvalue weighted by Crippen LogP contribution is 2.35. The zero-order valence-electron chi connectivity index (χ0n) is 14.3. The van der Waals surface area contributed by atoms with E-state index >= 15 is 0 Å². The summed E-state index contributed by atoms with van der Waals surface area (Å²) in [7, 11) is 1.39. The quantitative estimate of drug-likeness (QED) is 0.599. The van der Waals surface area contributed by atoms with E-state index in [9.17, 15) is 9.59 Å². The number of halogens is 1. The van der Waals surface area contributed by atoms with Crippen molar-refractivity contribution in [1.82, 2.24) is 4.98 Å². The van der Waals surface area contributed by atoms with Crippen LogP contribution in [0.15, 0.2) is 22.7 Å². The van der Waals surface area contributed by atoms with E-state index in [2.05, 4.69) is 26.2 Å². The molecule has 0 radical (unpaired) electrons. The Morgan fingerprint density at radius 1 is 1.32 bits per heavy atom. The highest BCUT2D eigenvalue weighted by molar-refractivity contribution is 9.10. The summed E-state index contributed by atoms with van der Waals surface area (Å²) in [5.41, 5.74) is 6.35. The second-order valence-electron chi connectivity index (χ2n) is 6.05. The molecule has 1 aromatic heterocycles. The van der Waals surface area contributed by atoms with E-state index in [0.29, 0.717) is 18.4 Å². The van der Waals surface area contributed by atoms with Crippen LogP contribution in [0.25, 0.3) is 11.6 Å². The molecule has 25 heavy (non-hydrogen) atoms. The summed E-state index contributed by atoms with van der Waals surface area (Å²) in [4.78, 5) is 27.1. The van der Waals surface area contributed by atoms with Crippen LogP contribution >= 0.6 is 15.9 Å². The number of nitrogens with one attached hydrogen (secondary N) is 2. The van der Waals surface area contributed by atoms with Crippen molar-refractivity contribution < 1.29 is 14.3 Å². The molecule has 1 aromatic carbocycles. The first kappa shape index (κ1) is 17.5. The molecule has 3 rings (SSSR count). The summed E-state index contributed by atoms with van der Waals surface area (Å²) < 4.78 is 5.63. The van der Waals surface area contributed by atoms with Crippen LogP contribution in [-0.4, -0.2) is 24.0 Å². The van der Waals surface area contributed by atoms with Crippen LogP contribution in [0, 0.1) is 13.8 Å². The molecular formula is C19H19BrN2O3. The maximum Gasteiger partial charge on any atom is 0.305 e. The van der Waals surface area contributed by atoms with Crippen molar-refractivity contribution in [3.8, 4) is 0 Å². The number of carbonyl (C=O) groups is 2. The normalized spacial score (nSPS) is 14.6. The van der Waals surface area contributed by atoms with E-state index in [1.165, 1.54) is 7.11 Å². The van der Waals surface area contributed by atoms with Crippen molar-refractivity contribution in [3.63, 3.8) is 0 Å². The number of amides is 1. The Labute approximate surface area is 154 Å². The summed E-state index contributed by atoms with van der Waals surface area (Å²) in [6.07, 6.45) is 2.82. The predicted molar refractivity (Wildman–Crippen MR) is 101 cm³/mol. The number of aromatic nitrogens is 1. The molecular weight excluding hydrogens is 384 g/mol. The van der Waals surface area contributed by atoms with Gasteiger partial charge in [-0.05, 0) is 49.6 Å². The molecule has 0 fully saturated rings. The minimum absolute atomic E-state index is 0.115. The first-order valence-electron chi connectivity index (χ1n) is 7.98. The average Bonchev–Trinajstić information content (AvgIpc) is 3.02. The topological polar surface area (TPSA) is 71.2 Å². The number of aromatic amines is 1. The van der Waals surface area contributed by atoms with Gasteiger partial charge in [-0.15, -0.1) is 0 Å². The number of rotatable bonds is 4. The first-order valence-corrected chi connectivity index (χ1v) is 8.78. The van der Waals surface area contributed by atoms with E-state index < -0.39 is 0 Å². The number of esters is 1. The van der Waals surface area contributed by atoms with Crippen molar-refractivity contribution in [1.29, 1.82) is 0 Å². The number of aryl methyl sites for hydroxylation is 1. The molecule has 0 aliphatic carbocycles. The number of H-pyrrole nitrogens is 1. The summed E-state index contributed by atoms with van der Waals surface area (Å²) >= 11 is 3.42. The molecule has 0 spiro atoms. The minimum Gasteiger partial charge on any atom is -0.469 e. The van der Waals surface area contributed by atoms with Gasteiger partial charge in [0.05, 0.1) is 18.4 Å². The zero-order valence-corrected chi connectivity index (χ0v) is 15.9. The van der Waals surface area contributed by atoms with Gasteiger partial charge in [-0.25, -0.2) is 0 Å². The number of ether oxygens (including phenoxy) is 1. The van der Waals surface area contributed by atoms with E-state index in [-0.39, 0.29) is 11.9 Å². The molecule has 0 atom stereocenters. The third kappa shape index (κ3) is 3.39. The smallest absolute Gasteiger partial charge is 0.305 e. The van der Waals surface area contributed by atoms with Gasteiger partial charge in [0.2, 0.25) is 0 Å². The van der Waals surface area contributed by atoms with E-state index in [0.717, 1.165) is 38.2 Å². The van der Waals surface area contributed by atoms with E-state index in [1.54, 1.807) is 0 Å². The zero-order chi connectivity index (χ0) is 18.1. The van der Waals surface area contributed by atoms with Gasteiger partial charge < -0.3 is 15.0 Å². The maximum absolute atomic E-state index is 12.3. The van der Waals surface area contributed by atoms with Gasteiger partial charge in [0.1, 0.15) is 0 Å². The summed E-state index contributed by atoms with van der Waals surface area (Å²) in [6, 6.07) is 5.73. The van der Waals surface area contributed by atoms with Crippen LogP contribution in [0.1, 0.15) is 34.5 Å². The molecule has 2 heterocycles.